The summed E-state index contributed by atoms with van der Waals surface area (Å²) in [6, 6.07) is 7.95. The second kappa shape index (κ2) is 6.68. The molecule has 2 heterocycles. The third-order valence-corrected chi connectivity index (χ3v) is 4.85. The number of amides is 1. The van der Waals surface area contributed by atoms with Gasteiger partial charge >= 0.3 is 0 Å². The van der Waals surface area contributed by atoms with Gasteiger partial charge in [0.1, 0.15) is 10.6 Å². The van der Waals surface area contributed by atoms with Gasteiger partial charge in [-0.1, -0.05) is 18.2 Å². The van der Waals surface area contributed by atoms with Crippen LogP contribution < -0.4 is 5.32 Å². The summed E-state index contributed by atoms with van der Waals surface area (Å²) in [6.07, 6.45) is -2.12. The fraction of sp³-hybridized carbons (Fsp3) is 0.294. The van der Waals surface area contributed by atoms with Crippen molar-refractivity contribution in [2.24, 2.45) is 0 Å². The predicted molar refractivity (Wildman–Crippen MR) is 90.9 cm³/mol. The quantitative estimate of drug-likeness (QED) is 0.727. The number of aromatic nitrogens is 2. The molecule has 2 aromatic heterocycles. The molecule has 0 aliphatic heterocycles. The molecule has 24 heavy (non-hydrogen) atoms. The first kappa shape index (κ1) is 16.6. The predicted octanol–water partition coefficient (Wildman–Crippen LogP) is 4.15. The molecule has 0 spiro atoms. The molecule has 0 aliphatic carbocycles. The molecule has 1 aromatic carbocycles. The van der Waals surface area contributed by atoms with Crippen molar-refractivity contribution in [2.75, 3.05) is 6.54 Å². The minimum atomic E-state index is -2.74. The molecule has 1 amide bonds. The number of aromatic amines is 1. The highest BCUT2D eigenvalue weighted by atomic mass is 32.1. The minimum Gasteiger partial charge on any atom is -0.358 e. The van der Waals surface area contributed by atoms with Gasteiger partial charge < -0.3 is 10.3 Å². The first-order valence-corrected chi connectivity index (χ1v) is 8.39. The molecule has 0 aliphatic rings. The maximum atomic E-state index is 12.9. The van der Waals surface area contributed by atoms with Crippen LogP contribution in [0.3, 0.4) is 0 Å². The van der Waals surface area contributed by atoms with E-state index in [1.807, 2.05) is 31.2 Å². The van der Waals surface area contributed by atoms with Crippen LogP contribution in [-0.4, -0.2) is 22.4 Å². The maximum Gasteiger partial charge on any atom is 0.282 e. The van der Waals surface area contributed by atoms with Crippen LogP contribution >= 0.6 is 11.3 Å². The highest BCUT2D eigenvalue weighted by Crippen LogP contribution is 2.27. The van der Waals surface area contributed by atoms with E-state index < -0.39 is 18.0 Å². The Balaban J connectivity index is 1.70. The Bertz CT molecular complexity index is 885. The summed E-state index contributed by atoms with van der Waals surface area (Å²) in [5, 5.41) is 4.30. The molecule has 4 nitrogen and oxygen atoms in total. The SMILES string of the molecule is Cc1nc(C(F)F)c(C(=O)NCCc2c(C)[nH]c3ccccc23)s1. The molecule has 0 saturated carbocycles. The van der Waals surface area contributed by atoms with E-state index in [1.54, 1.807) is 6.92 Å². The van der Waals surface area contributed by atoms with E-state index in [4.69, 9.17) is 0 Å². The highest BCUT2D eigenvalue weighted by molar-refractivity contribution is 7.13. The van der Waals surface area contributed by atoms with Gasteiger partial charge in [0.25, 0.3) is 12.3 Å². The van der Waals surface area contributed by atoms with E-state index in [0.29, 0.717) is 18.0 Å². The van der Waals surface area contributed by atoms with Crippen molar-refractivity contribution in [1.82, 2.24) is 15.3 Å². The van der Waals surface area contributed by atoms with E-state index in [-0.39, 0.29) is 4.88 Å². The number of thiazole rings is 1. The number of carbonyl (C=O) groups is 1. The lowest BCUT2D eigenvalue weighted by molar-refractivity contribution is 0.0943. The lowest BCUT2D eigenvalue weighted by atomic mass is 10.1. The number of H-pyrrole nitrogens is 1. The molecule has 126 valence electrons. The Hall–Kier alpha value is -2.28. The van der Waals surface area contributed by atoms with Crippen LogP contribution in [0.2, 0.25) is 0 Å². The fourth-order valence-corrected chi connectivity index (χ4v) is 3.64. The zero-order chi connectivity index (χ0) is 17.3. The van der Waals surface area contributed by atoms with Crippen molar-refractivity contribution in [3.05, 3.63) is 51.1 Å². The first-order chi connectivity index (χ1) is 11.5. The zero-order valence-electron chi connectivity index (χ0n) is 13.3. The maximum absolute atomic E-state index is 12.9. The van der Waals surface area contributed by atoms with Crippen LogP contribution in [0.15, 0.2) is 24.3 Å². The summed E-state index contributed by atoms with van der Waals surface area (Å²) in [6.45, 7) is 3.97. The normalized spacial score (nSPS) is 11.4. The third kappa shape index (κ3) is 3.17. The van der Waals surface area contributed by atoms with Gasteiger partial charge in [0.2, 0.25) is 0 Å². The number of hydrogen-bond acceptors (Lipinski definition) is 3. The Labute approximate surface area is 141 Å². The second-order valence-corrected chi connectivity index (χ2v) is 6.73. The van der Waals surface area contributed by atoms with E-state index >= 15 is 0 Å². The molecule has 3 rings (SSSR count). The Morgan fingerprint density at radius 2 is 2.08 bits per heavy atom. The van der Waals surface area contributed by atoms with Gasteiger partial charge in [-0.3, -0.25) is 4.79 Å². The van der Waals surface area contributed by atoms with Crippen molar-refractivity contribution >= 4 is 28.1 Å². The summed E-state index contributed by atoms with van der Waals surface area (Å²) >= 11 is 0.995. The molecule has 2 N–H and O–H groups in total. The molecule has 0 radical (unpaired) electrons. The molecule has 0 atom stereocenters. The lowest BCUT2D eigenvalue weighted by Crippen LogP contribution is -2.26. The average molecular weight is 349 g/mol. The molecule has 0 saturated heterocycles. The highest BCUT2D eigenvalue weighted by Gasteiger charge is 2.23. The molecule has 0 fully saturated rings. The van der Waals surface area contributed by atoms with Gasteiger partial charge in [0.05, 0.1) is 5.01 Å². The standard InChI is InChI=1S/C17H17F2N3OS/c1-9-11(12-5-3-4-6-13(12)21-9)7-8-20-17(23)15-14(16(18)19)22-10(2)24-15/h3-6,16,21H,7-8H2,1-2H3,(H,20,23). The number of benzene rings is 1. The number of hydrogen-bond donors (Lipinski definition) is 2. The Kier molecular flexibility index (Phi) is 4.62. The van der Waals surface area contributed by atoms with Crippen molar-refractivity contribution in [3.63, 3.8) is 0 Å². The molecule has 0 bridgehead atoms. The number of fused-ring (bicyclic) bond motifs is 1. The number of halogens is 2. The fourth-order valence-electron chi connectivity index (χ4n) is 2.79. The van der Waals surface area contributed by atoms with Crippen LogP contribution in [0.4, 0.5) is 8.78 Å². The minimum absolute atomic E-state index is 0.00171. The number of nitrogens with zero attached hydrogens (tertiary/aromatic N) is 1. The van der Waals surface area contributed by atoms with Crippen molar-refractivity contribution in [2.45, 2.75) is 26.7 Å². The van der Waals surface area contributed by atoms with Crippen LogP contribution in [0.5, 0.6) is 0 Å². The van der Waals surface area contributed by atoms with E-state index in [0.717, 1.165) is 33.5 Å². The molecule has 0 unspecified atom stereocenters. The smallest absolute Gasteiger partial charge is 0.282 e. The first-order valence-electron chi connectivity index (χ1n) is 7.57. The number of rotatable bonds is 5. The zero-order valence-corrected chi connectivity index (χ0v) is 14.1. The van der Waals surface area contributed by atoms with Crippen LogP contribution in [0.1, 0.15) is 38.1 Å². The number of alkyl halides is 2. The lowest BCUT2D eigenvalue weighted by Gasteiger charge is -2.06. The van der Waals surface area contributed by atoms with E-state index in [9.17, 15) is 13.6 Å². The number of para-hydroxylation sites is 1. The summed E-state index contributed by atoms with van der Waals surface area (Å²) in [4.78, 5) is 19.2. The van der Waals surface area contributed by atoms with Crippen LogP contribution in [0.25, 0.3) is 10.9 Å². The molecule has 3 aromatic rings. The Morgan fingerprint density at radius 3 is 2.83 bits per heavy atom. The molecular weight excluding hydrogens is 332 g/mol. The van der Waals surface area contributed by atoms with Gasteiger partial charge in [-0.25, -0.2) is 13.8 Å². The van der Waals surface area contributed by atoms with Crippen LogP contribution in [-0.2, 0) is 6.42 Å². The van der Waals surface area contributed by atoms with Crippen molar-refractivity contribution in [1.29, 1.82) is 0 Å². The van der Waals surface area contributed by atoms with Crippen molar-refractivity contribution in [3.8, 4) is 0 Å². The summed E-state index contributed by atoms with van der Waals surface area (Å²) in [5.74, 6) is -0.492. The van der Waals surface area contributed by atoms with Gasteiger partial charge in [0.15, 0.2) is 0 Å². The largest absolute Gasteiger partial charge is 0.358 e. The number of aryl methyl sites for hydroxylation is 2. The van der Waals surface area contributed by atoms with Gasteiger partial charge in [0, 0.05) is 23.1 Å². The number of carbonyl (C=O) groups excluding carboxylic acids is 1. The number of nitrogens with one attached hydrogen (secondary N) is 2. The van der Waals surface area contributed by atoms with E-state index in [2.05, 4.69) is 15.3 Å². The monoisotopic (exact) mass is 349 g/mol. The molecule has 7 heteroatoms. The van der Waals surface area contributed by atoms with E-state index in [1.165, 1.54) is 0 Å². The van der Waals surface area contributed by atoms with Crippen molar-refractivity contribution < 1.29 is 13.6 Å². The van der Waals surface area contributed by atoms with Crippen LogP contribution in [0, 0.1) is 13.8 Å². The average Bonchev–Trinajstić information content (AvgIpc) is 3.08. The summed E-state index contributed by atoms with van der Waals surface area (Å²) in [5.41, 5.74) is 2.79. The Morgan fingerprint density at radius 1 is 1.33 bits per heavy atom. The summed E-state index contributed by atoms with van der Waals surface area (Å²) < 4.78 is 25.9. The second-order valence-electron chi connectivity index (χ2n) is 5.53. The van der Waals surface area contributed by atoms with Gasteiger partial charge in [-0.2, -0.15) is 0 Å². The molecular formula is C17H17F2N3OS. The van der Waals surface area contributed by atoms with Gasteiger partial charge in [-0.05, 0) is 31.9 Å². The van der Waals surface area contributed by atoms with Gasteiger partial charge in [-0.15, -0.1) is 11.3 Å². The third-order valence-electron chi connectivity index (χ3n) is 3.86. The topological polar surface area (TPSA) is 57.8 Å². The summed E-state index contributed by atoms with van der Waals surface area (Å²) in [7, 11) is 0.